The van der Waals surface area contributed by atoms with Crippen molar-refractivity contribution in [3.63, 3.8) is 0 Å². The number of hydrogen-bond acceptors (Lipinski definition) is 3. The van der Waals surface area contributed by atoms with Gasteiger partial charge in [-0.15, -0.1) is 0 Å². The number of Topliss-reactive ketones (excluding diaryl/α,β-unsaturated/α-hetero) is 1. The van der Waals surface area contributed by atoms with Crippen molar-refractivity contribution < 1.29 is 14.3 Å². The van der Waals surface area contributed by atoms with Gasteiger partial charge < -0.3 is 4.74 Å². The Hall–Kier alpha value is -1.12. The quantitative estimate of drug-likeness (QED) is 0.707. The lowest BCUT2D eigenvalue weighted by Crippen LogP contribution is -2.25. The Balaban J connectivity index is 2.01. The second kappa shape index (κ2) is 4.28. The summed E-state index contributed by atoms with van der Waals surface area (Å²) in [5, 5.41) is 0. The molecular weight excluding hydrogens is 216 g/mol. The molecule has 0 N–H and O–H groups in total. The van der Waals surface area contributed by atoms with Crippen LogP contribution in [0.3, 0.4) is 0 Å². The molecule has 0 aromatic carbocycles. The summed E-state index contributed by atoms with van der Waals surface area (Å²) in [6.07, 6.45) is 4.40. The molecule has 0 aromatic rings. The number of esters is 1. The molecule has 0 aromatic heterocycles. The van der Waals surface area contributed by atoms with Crippen molar-refractivity contribution in [2.45, 2.75) is 40.0 Å². The number of ether oxygens (including phenoxy) is 1. The Morgan fingerprint density at radius 3 is 2.88 bits per heavy atom. The highest BCUT2D eigenvalue weighted by atomic mass is 16.5. The molecule has 0 heterocycles. The Morgan fingerprint density at radius 1 is 1.59 bits per heavy atom. The molecule has 17 heavy (non-hydrogen) atoms. The van der Waals surface area contributed by atoms with Crippen molar-refractivity contribution in [2.75, 3.05) is 6.61 Å². The van der Waals surface area contributed by atoms with Gasteiger partial charge in [-0.05, 0) is 43.6 Å². The summed E-state index contributed by atoms with van der Waals surface area (Å²) in [6, 6.07) is 0. The van der Waals surface area contributed by atoms with Crippen LogP contribution in [0.2, 0.25) is 0 Å². The predicted octanol–water partition coefficient (Wildman–Crippen LogP) is 2.50. The second-order valence-corrected chi connectivity index (χ2v) is 5.46. The van der Waals surface area contributed by atoms with Crippen molar-refractivity contribution >= 4 is 11.8 Å². The molecule has 3 atom stereocenters. The molecular formula is C14H20O3. The van der Waals surface area contributed by atoms with Crippen molar-refractivity contribution in [3.8, 4) is 0 Å². The molecule has 0 saturated heterocycles. The molecule has 0 radical (unpaired) electrons. The van der Waals surface area contributed by atoms with Crippen LogP contribution in [-0.4, -0.2) is 18.4 Å². The molecule has 2 rings (SSSR count). The summed E-state index contributed by atoms with van der Waals surface area (Å²) in [7, 11) is 0. The molecule has 2 aliphatic rings. The number of ketones is 1. The number of allylic oxidation sites excluding steroid dienone is 2. The van der Waals surface area contributed by atoms with Gasteiger partial charge in [0.05, 0.1) is 12.5 Å². The fourth-order valence-electron chi connectivity index (χ4n) is 2.83. The minimum atomic E-state index is -0.0891. The Bertz CT molecular complexity index is 383. The van der Waals surface area contributed by atoms with Crippen LogP contribution in [0, 0.1) is 17.3 Å². The van der Waals surface area contributed by atoms with Gasteiger partial charge >= 0.3 is 5.97 Å². The predicted molar refractivity (Wildman–Crippen MR) is 64.3 cm³/mol. The summed E-state index contributed by atoms with van der Waals surface area (Å²) in [4.78, 5) is 23.4. The van der Waals surface area contributed by atoms with Crippen molar-refractivity contribution in [1.29, 1.82) is 0 Å². The van der Waals surface area contributed by atoms with Crippen LogP contribution in [0.15, 0.2) is 11.6 Å². The summed E-state index contributed by atoms with van der Waals surface area (Å²) in [5.41, 5.74) is 0.859. The van der Waals surface area contributed by atoms with Crippen LogP contribution in [0.1, 0.15) is 40.0 Å². The van der Waals surface area contributed by atoms with Crippen LogP contribution in [0.5, 0.6) is 0 Å². The maximum absolute atomic E-state index is 11.7. The van der Waals surface area contributed by atoms with E-state index in [1.807, 2.05) is 19.9 Å². The standard InChI is InChI=1S/C14H20O3/c1-4-17-13(16)11-8-14(11,3)10-6-5-9(2)12(15)7-10/h5,10-11H,4,6-8H2,1-3H3. The van der Waals surface area contributed by atoms with Gasteiger partial charge in [0.15, 0.2) is 5.78 Å². The van der Waals surface area contributed by atoms with Gasteiger partial charge in [0, 0.05) is 6.42 Å². The van der Waals surface area contributed by atoms with Gasteiger partial charge in [0.2, 0.25) is 0 Å². The lowest BCUT2D eigenvalue weighted by Gasteiger charge is -2.26. The third-order valence-electron chi connectivity index (χ3n) is 4.36. The molecule has 2 aliphatic carbocycles. The van der Waals surface area contributed by atoms with E-state index in [-0.39, 0.29) is 23.1 Å². The van der Waals surface area contributed by atoms with E-state index in [1.54, 1.807) is 0 Å². The second-order valence-electron chi connectivity index (χ2n) is 5.46. The topological polar surface area (TPSA) is 43.4 Å². The highest BCUT2D eigenvalue weighted by Crippen LogP contribution is 2.60. The van der Waals surface area contributed by atoms with Crippen LogP contribution in [-0.2, 0) is 14.3 Å². The normalized spacial score (nSPS) is 36.4. The van der Waals surface area contributed by atoms with Gasteiger partial charge in [-0.1, -0.05) is 13.0 Å². The zero-order valence-electron chi connectivity index (χ0n) is 10.8. The molecule has 0 aliphatic heterocycles. The fourth-order valence-corrected chi connectivity index (χ4v) is 2.83. The first-order chi connectivity index (χ1) is 7.99. The van der Waals surface area contributed by atoms with Crippen LogP contribution in [0.4, 0.5) is 0 Å². The average molecular weight is 236 g/mol. The van der Waals surface area contributed by atoms with Crippen LogP contribution in [0.25, 0.3) is 0 Å². The minimum Gasteiger partial charge on any atom is -0.466 e. The number of rotatable bonds is 3. The lowest BCUT2D eigenvalue weighted by atomic mass is 9.78. The van der Waals surface area contributed by atoms with Crippen molar-refractivity contribution in [1.82, 2.24) is 0 Å². The van der Waals surface area contributed by atoms with Crippen LogP contribution >= 0.6 is 0 Å². The number of carbonyl (C=O) groups excluding carboxylic acids is 2. The molecule has 0 bridgehead atoms. The highest BCUT2D eigenvalue weighted by molar-refractivity contribution is 5.95. The van der Waals surface area contributed by atoms with E-state index in [9.17, 15) is 9.59 Å². The van der Waals surface area contributed by atoms with Crippen molar-refractivity contribution in [3.05, 3.63) is 11.6 Å². The first-order valence-electron chi connectivity index (χ1n) is 6.35. The third kappa shape index (κ3) is 2.15. The molecule has 0 amide bonds. The Kier molecular flexibility index (Phi) is 3.11. The van der Waals surface area contributed by atoms with Gasteiger partial charge in [-0.3, -0.25) is 9.59 Å². The first kappa shape index (κ1) is 12.3. The zero-order chi connectivity index (χ0) is 12.6. The maximum atomic E-state index is 11.7. The summed E-state index contributed by atoms with van der Waals surface area (Å²) >= 11 is 0. The zero-order valence-corrected chi connectivity index (χ0v) is 10.8. The van der Waals surface area contributed by atoms with Crippen LogP contribution < -0.4 is 0 Å². The molecule has 94 valence electrons. The van der Waals surface area contributed by atoms with E-state index in [4.69, 9.17) is 4.74 Å². The summed E-state index contributed by atoms with van der Waals surface area (Å²) in [5.74, 6) is 0.464. The van der Waals surface area contributed by atoms with E-state index in [1.165, 1.54) is 0 Å². The lowest BCUT2D eigenvalue weighted by molar-refractivity contribution is -0.146. The third-order valence-corrected chi connectivity index (χ3v) is 4.36. The molecule has 3 unspecified atom stereocenters. The monoisotopic (exact) mass is 236 g/mol. The fraction of sp³-hybridized carbons (Fsp3) is 0.714. The SMILES string of the molecule is CCOC(=O)C1CC1(C)C1CC=C(C)C(=O)C1. The smallest absolute Gasteiger partial charge is 0.309 e. The summed E-state index contributed by atoms with van der Waals surface area (Å²) < 4.78 is 5.06. The molecule has 1 fully saturated rings. The molecule has 1 saturated carbocycles. The minimum absolute atomic E-state index is 0.00653. The van der Waals surface area contributed by atoms with Gasteiger partial charge in [0.1, 0.15) is 0 Å². The van der Waals surface area contributed by atoms with E-state index in [2.05, 4.69) is 6.92 Å². The number of hydrogen-bond donors (Lipinski definition) is 0. The van der Waals surface area contributed by atoms with Gasteiger partial charge in [0.25, 0.3) is 0 Å². The van der Waals surface area contributed by atoms with E-state index >= 15 is 0 Å². The van der Waals surface area contributed by atoms with E-state index < -0.39 is 0 Å². The van der Waals surface area contributed by atoms with Gasteiger partial charge in [-0.25, -0.2) is 0 Å². The Morgan fingerprint density at radius 2 is 2.29 bits per heavy atom. The number of carbonyl (C=O) groups is 2. The average Bonchev–Trinajstić information content (AvgIpc) is 2.97. The van der Waals surface area contributed by atoms with Gasteiger partial charge in [-0.2, -0.15) is 0 Å². The highest BCUT2D eigenvalue weighted by Gasteiger charge is 2.59. The van der Waals surface area contributed by atoms with Crippen molar-refractivity contribution in [2.24, 2.45) is 17.3 Å². The maximum Gasteiger partial charge on any atom is 0.309 e. The molecule has 0 spiro atoms. The van der Waals surface area contributed by atoms with E-state index in [0.717, 1.165) is 18.4 Å². The first-order valence-corrected chi connectivity index (χ1v) is 6.35. The molecule has 3 heteroatoms. The largest absolute Gasteiger partial charge is 0.466 e. The van der Waals surface area contributed by atoms with E-state index in [0.29, 0.717) is 18.9 Å². The Labute approximate surface area is 102 Å². The molecule has 3 nitrogen and oxygen atoms in total. The summed E-state index contributed by atoms with van der Waals surface area (Å²) in [6.45, 7) is 6.25.